The highest BCUT2D eigenvalue weighted by Crippen LogP contribution is 2.56. The molecule has 0 spiro atoms. The van der Waals surface area contributed by atoms with E-state index in [1.807, 2.05) is 0 Å². The fourth-order valence-corrected chi connectivity index (χ4v) is 7.27. The van der Waals surface area contributed by atoms with Gasteiger partial charge in [0.15, 0.2) is 0 Å². The predicted octanol–water partition coefficient (Wildman–Crippen LogP) is 7.71. The molecular formula is C29H22F6O10S3. The van der Waals surface area contributed by atoms with E-state index in [9.17, 15) is 47.7 Å². The minimum Gasteiger partial charge on any atom is -0.497 e. The van der Waals surface area contributed by atoms with Crippen molar-refractivity contribution >= 4 is 32.0 Å². The molecule has 0 aliphatic heterocycles. The Hall–Kier alpha value is -3.85. The van der Waals surface area contributed by atoms with Crippen molar-refractivity contribution in [2.45, 2.75) is 44.3 Å². The van der Waals surface area contributed by atoms with Crippen LogP contribution in [-0.2, 0) is 34.7 Å². The van der Waals surface area contributed by atoms with Crippen LogP contribution in [-0.4, -0.2) is 46.1 Å². The Kier molecular flexibility index (Phi) is 10.5. The molecule has 258 valence electrons. The Bertz CT molecular complexity index is 1980. The van der Waals surface area contributed by atoms with Crippen LogP contribution in [0, 0.1) is 6.92 Å². The normalized spacial score (nSPS) is 13.0. The van der Waals surface area contributed by atoms with Crippen molar-refractivity contribution in [2.75, 3.05) is 7.11 Å². The summed E-state index contributed by atoms with van der Waals surface area (Å²) in [5, 5.41) is 11.9. The summed E-state index contributed by atoms with van der Waals surface area (Å²) < 4.78 is 162. The third kappa shape index (κ3) is 7.12. The maximum atomic E-state index is 14.5. The summed E-state index contributed by atoms with van der Waals surface area (Å²) in [5.74, 6) is -1.15. The SMILES string of the molecule is COc1ccc(C(c2ccc(Oc3ccc(S(=O)(=O)c4ccc(C)c(SOOO)c4)cc3S(=O)(=O)O)cc2)(C(F)(F)F)C(F)(F)F)cc1. The average Bonchev–Trinajstić information content (AvgIpc) is 3.00. The molecular weight excluding hydrogens is 718 g/mol. The Morgan fingerprint density at radius 2 is 1.21 bits per heavy atom. The van der Waals surface area contributed by atoms with Gasteiger partial charge in [-0.05, 0) is 78.2 Å². The number of ether oxygens (including phenoxy) is 2. The zero-order valence-electron chi connectivity index (χ0n) is 24.2. The number of rotatable bonds is 11. The summed E-state index contributed by atoms with van der Waals surface area (Å²) in [5.41, 5.74) is -6.39. The van der Waals surface area contributed by atoms with Gasteiger partial charge in [0.2, 0.25) is 15.3 Å². The van der Waals surface area contributed by atoms with Gasteiger partial charge in [-0.1, -0.05) is 35.4 Å². The van der Waals surface area contributed by atoms with E-state index in [1.165, 1.54) is 19.2 Å². The largest absolute Gasteiger partial charge is 0.497 e. The molecule has 4 rings (SSSR count). The number of hydrogen-bond donors (Lipinski definition) is 2. The van der Waals surface area contributed by atoms with Crippen LogP contribution in [0.3, 0.4) is 0 Å². The van der Waals surface area contributed by atoms with Crippen LogP contribution < -0.4 is 9.47 Å². The smallest absolute Gasteiger partial charge is 0.411 e. The molecule has 0 aromatic heterocycles. The molecule has 0 radical (unpaired) electrons. The lowest BCUT2D eigenvalue weighted by Gasteiger charge is -2.38. The predicted molar refractivity (Wildman–Crippen MR) is 156 cm³/mol. The van der Waals surface area contributed by atoms with E-state index in [-0.39, 0.29) is 15.5 Å². The van der Waals surface area contributed by atoms with Crippen molar-refractivity contribution in [1.29, 1.82) is 0 Å². The summed E-state index contributed by atoms with van der Waals surface area (Å²) in [6, 6.07) is 11.5. The molecule has 0 fully saturated rings. The summed E-state index contributed by atoms with van der Waals surface area (Å²) in [7, 11) is -8.52. The number of methoxy groups -OCH3 is 1. The number of benzene rings is 4. The number of hydrogen-bond acceptors (Lipinski definition) is 10. The van der Waals surface area contributed by atoms with E-state index < -0.39 is 70.1 Å². The second-order valence-corrected chi connectivity index (χ2v) is 13.9. The number of alkyl halides is 6. The third-order valence-corrected chi connectivity index (χ3v) is 10.4. The molecule has 48 heavy (non-hydrogen) atoms. The molecule has 0 amide bonds. The minimum absolute atomic E-state index is 0.0135. The quantitative estimate of drug-likeness (QED) is 0.0513. The highest BCUT2D eigenvalue weighted by molar-refractivity contribution is 7.94. The molecule has 10 nitrogen and oxygen atoms in total. The van der Waals surface area contributed by atoms with E-state index in [2.05, 4.69) is 9.37 Å². The Morgan fingerprint density at radius 3 is 1.69 bits per heavy atom. The van der Waals surface area contributed by atoms with Gasteiger partial charge in [-0.2, -0.15) is 34.8 Å². The van der Waals surface area contributed by atoms with Gasteiger partial charge >= 0.3 is 12.4 Å². The number of halogens is 6. The van der Waals surface area contributed by atoms with Crippen molar-refractivity contribution in [1.82, 2.24) is 0 Å². The molecule has 19 heteroatoms. The molecule has 0 aliphatic rings. The van der Waals surface area contributed by atoms with Crippen LogP contribution in [0.25, 0.3) is 0 Å². The first-order valence-corrected chi connectivity index (χ1v) is 16.6. The fraction of sp³-hybridized carbons (Fsp3) is 0.172. The molecule has 0 unspecified atom stereocenters. The van der Waals surface area contributed by atoms with Gasteiger partial charge in [-0.25, -0.2) is 13.7 Å². The van der Waals surface area contributed by atoms with E-state index in [0.29, 0.717) is 60.1 Å². The van der Waals surface area contributed by atoms with E-state index >= 15 is 0 Å². The summed E-state index contributed by atoms with van der Waals surface area (Å²) >= 11 is 0.466. The second kappa shape index (κ2) is 13.6. The molecule has 2 N–H and O–H groups in total. The minimum atomic E-state index is -5.89. The van der Waals surface area contributed by atoms with Crippen LogP contribution >= 0.6 is 12.0 Å². The molecule has 0 saturated carbocycles. The van der Waals surface area contributed by atoms with Crippen LogP contribution in [0.15, 0.2) is 105 Å². The van der Waals surface area contributed by atoms with Gasteiger partial charge in [0, 0.05) is 4.90 Å². The van der Waals surface area contributed by atoms with Gasteiger partial charge < -0.3 is 9.47 Å². The monoisotopic (exact) mass is 740 g/mol. The first-order valence-electron chi connectivity index (χ1n) is 13.0. The Labute approximate surface area is 273 Å². The lowest BCUT2D eigenvalue weighted by Crippen LogP contribution is -2.54. The van der Waals surface area contributed by atoms with E-state index in [1.54, 1.807) is 6.92 Å². The van der Waals surface area contributed by atoms with Gasteiger partial charge in [-0.3, -0.25) is 4.55 Å². The average molecular weight is 741 g/mol. The van der Waals surface area contributed by atoms with Gasteiger partial charge in [0.05, 0.1) is 28.9 Å². The standard InChI is InChI=1S/C29H22F6O10S3/c1-17-3-12-22(15-25(17)46-45-44-36)47(37,38)23-13-14-24(26(16-23)48(39,40)41)43-21-10-6-19(7-11-21)27(28(30,31)32,29(33,34)35)18-4-8-20(42-2)9-5-18/h3-16,36H,1-2H3,(H,39,40,41). The van der Waals surface area contributed by atoms with Crippen LogP contribution in [0.4, 0.5) is 26.3 Å². The summed E-state index contributed by atoms with van der Waals surface area (Å²) in [6.07, 6.45) is -11.8. The van der Waals surface area contributed by atoms with Gasteiger partial charge in [-0.15, -0.1) is 4.33 Å². The molecule has 0 saturated heterocycles. The Balaban J connectivity index is 1.76. The first kappa shape index (κ1) is 37.0. The lowest BCUT2D eigenvalue weighted by atomic mass is 9.73. The first-order chi connectivity index (χ1) is 22.3. The number of aryl methyl sites for hydroxylation is 1. The highest BCUT2D eigenvalue weighted by atomic mass is 32.2. The van der Waals surface area contributed by atoms with Crippen molar-refractivity contribution in [3.63, 3.8) is 0 Å². The molecule has 0 aliphatic carbocycles. The van der Waals surface area contributed by atoms with Crippen molar-refractivity contribution in [2.24, 2.45) is 0 Å². The van der Waals surface area contributed by atoms with Crippen LogP contribution in [0.2, 0.25) is 0 Å². The fourth-order valence-electron chi connectivity index (χ4n) is 4.69. The van der Waals surface area contributed by atoms with Crippen molar-refractivity contribution in [3.05, 3.63) is 102 Å². The van der Waals surface area contributed by atoms with Crippen molar-refractivity contribution in [3.8, 4) is 17.2 Å². The Morgan fingerprint density at radius 1 is 0.708 bits per heavy atom. The molecule has 4 aromatic carbocycles. The summed E-state index contributed by atoms with van der Waals surface area (Å²) in [4.78, 5) is -1.89. The van der Waals surface area contributed by atoms with E-state index in [4.69, 9.17) is 14.7 Å². The van der Waals surface area contributed by atoms with Gasteiger partial charge in [0.25, 0.3) is 10.1 Å². The van der Waals surface area contributed by atoms with E-state index in [0.717, 1.165) is 30.3 Å². The lowest BCUT2D eigenvalue weighted by molar-refractivity contribution is -0.432. The molecule has 0 atom stereocenters. The van der Waals surface area contributed by atoms with Crippen LogP contribution in [0.1, 0.15) is 16.7 Å². The maximum Gasteiger partial charge on any atom is 0.411 e. The zero-order valence-corrected chi connectivity index (χ0v) is 26.7. The third-order valence-electron chi connectivity index (χ3n) is 7.02. The molecule has 4 aromatic rings. The maximum absolute atomic E-state index is 14.5. The van der Waals surface area contributed by atoms with Crippen LogP contribution in [0.5, 0.6) is 17.2 Å². The molecule has 0 bridgehead atoms. The van der Waals surface area contributed by atoms with Crippen molar-refractivity contribution < 1.29 is 71.8 Å². The number of sulfone groups is 1. The highest BCUT2D eigenvalue weighted by Gasteiger charge is 2.72. The second-order valence-electron chi connectivity index (χ2n) is 9.84. The summed E-state index contributed by atoms with van der Waals surface area (Å²) in [6.45, 7) is 1.58. The zero-order chi connectivity index (χ0) is 35.7. The molecule has 0 heterocycles. The van der Waals surface area contributed by atoms with Gasteiger partial charge in [0.1, 0.15) is 22.1 Å². The topological polar surface area (TPSA) is 146 Å².